The van der Waals surface area contributed by atoms with E-state index in [1.165, 1.54) is 0 Å². The molecular formula is C15H24Cl2F2N4O. The van der Waals surface area contributed by atoms with Crippen LogP contribution in [0.15, 0.2) is 12.4 Å². The number of amides is 1. The second-order valence-electron chi connectivity index (χ2n) is 6.18. The summed E-state index contributed by atoms with van der Waals surface area (Å²) in [5.74, 6) is -1.96. The number of hydrogen-bond acceptors (Lipinski definition) is 3. The van der Waals surface area contributed by atoms with Gasteiger partial charge in [0.1, 0.15) is 5.82 Å². The number of carbonyl (C=O) groups excluding carboxylic acids is 1. The molecule has 1 aromatic heterocycles. The number of hydrogen-bond donors (Lipinski definition) is 1. The summed E-state index contributed by atoms with van der Waals surface area (Å²) in [5, 5.41) is 2.66. The first-order chi connectivity index (χ1) is 10.5. The van der Waals surface area contributed by atoms with Crippen LogP contribution in [-0.2, 0) is 11.2 Å². The summed E-state index contributed by atoms with van der Waals surface area (Å²) in [5.41, 5.74) is 0. The van der Waals surface area contributed by atoms with Crippen molar-refractivity contribution in [2.75, 3.05) is 19.6 Å². The van der Waals surface area contributed by atoms with Crippen LogP contribution in [0.2, 0.25) is 0 Å². The van der Waals surface area contributed by atoms with Crippen LogP contribution in [0.1, 0.15) is 38.1 Å². The van der Waals surface area contributed by atoms with Crippen LogP contribution in [0.3, 0.4) is 0 Å². The van der Waals surface area contributed by atoms with Crippen molar-refractivity contribution < 1.29 is 13.6 Å². The number of nitrogens with one attached hydrogen (secondary N) is 1. The van der Waals surface area contributed by atoms with Crippen molar-refractivity contribution in [3.05, 3.63) is 18.2 Å². The molecule has 0 saturated carbocycles. The fourth-order valence-electron chi connectivity index (χ4n) is 3.44. The van der Waals surface area contributed by atoms with Crippen LogP contribution in [0.25, 0.3) is 0 Å². The third-order valence-corrected chi connectivity index (χ3v) is 4.57. The third kappa shape index (κ3) is 4.37. The van der Waals surface area contributed by atoms with Crippen LogP contribution >= 0.6 is 24.8 Å². The van der Waals surface area contributed by atoms with Gasteiger partial charge in [0.2, 0.25) is 5.91 Å². The maximum absolute atomic E-state index is 13.3. The standard InChI is InChI=1S/C15H22F2N4O.2ClH/c1-2-13-18-5-7-21(13)11-4-3-6-20(9-11)14(22)12-8-15(16,17)10-19-12;;/h5,7,11-12,19H,2-4,6,8-10H2,1H3;2*1H. The van der Waals surface area contributed by atoms with Crippen molar-refractivity contribution >= 4 is 30.7 Å². The van der Waals surface area contributed by atoms with E-state index in [4.69, 9.17) is 0 Å². The molecule has 138 valence electrons. The SMILES string of the molecule is CCc1nccn1C1CCCN(C(=O)C2CC(F)(F)CN2)C1.Cl.Cl. The largest absolute Gasteiger partial charge is 0.339 e. The quantitative estimate of drug-likeness (QED) is 0.870. The molecule has 2 fully saturated rings. The highest BCUT2D eigenvalue weighted by molar-refractivity contribution is 5.85. The van der Waals surface area contributed by atoms with Crippen LogP contribution in [0.5, 0.6) is 0 Å². The number of nitrogens with zero attached hydrogens (tertiary/aromatic N) is 3. The lowest BCUT2D eigenvalue weighted by Gasteiger charge is -2.35. The molecule has 2 atom stereocenters. The zero-order chi connectivity index (χ0) is 15.7. The van der Waals surface area contributed by atoms with Crippen LogP contribution in [0.4, 0.5) is 8.78 Å². The minimum Gasteiger partial charge on any atom is -0.339 e. The predicted molar refractivity (Wildman–Crippen MR) is 92.3 cm³/mol. The Bertz CT molecular complexity index is 555. The first-order valence-electron chi connectivity index (χ1n) is 7.92. The zero-order valence-corrected chi connectivity index (χ0v) is 15.2. The van der Waals surface area contributed by atoms with E-state index in [1.807, 2.05) is 6.20 Å². The van der Waals surface area contributed by atoms with E-state index in [1.54, 1.807) is 11.1 Å². The van der Waals surface area contributed by atoms with E-state index in [9.17, 15) is 13.6 Å². The highest BCUT2D eigenvalue weighted by atomic mass is 35.5. The van der Waals surface area contributed by atoms with E-state index in [-0.39, 0.29) is 36.8 Å². The molecule has 1 aromatic rings. The number of halogens is 4. The summed E-state index contributed by atoms with van der Waals surface area (Å²) in [6.07, 6.45) is 6.05. The van der Waals surface area contributed by atoms with Crippen molar-refractivity contribution in [2.45, 2.75) is 50.6 Å². The molecule has 0 radical (unpaired) electrons. The summed E-state index contributed by atoms with van der Waals surface area (Å²) < 4.78 is 28.7. The zero-order valence-electron chi connectivity index (χ0n) is 13.6. The molecule has 0 spiro atoms. The van der Waals surface area contributed by atoms with Crippen LogP contribution < -0.4 is 5.32 Å². The number of aryl methyl sites for hydroxylation is 1. The fraction of sp³-hybridized carbons (Fsp3) is 0.733. The topological polar surface area (TPSA) is 50.2 Å². The summed E-state index contributed by atoms with van der Waals surface area (Å²) in [4.78, 5) is 18.5. The molecule has 1 amide bonds. The van der Waals surface area contributed by atoms with Gasteiger partial charge in [-0.05, 0) is 12.8 Å². The number of piperidine rings is 1. The highest BCUT2D eigenvalue weighted by Crippen LogP contribution is 2.28. The van der Waals surface area contributed by atoms with E-state index >= 15 is 0 Å². The number of aromatic nitrogens is 2. The molecule has 2 unspecified atom stereocenters. The van der Waals surface area contributed by atoms with Crippen molar-refractivity contribution in [1.29, 1.82) is 0 Å². The molecule has 1 N–H and O–H groups in total. The van der Waals surface area contributed by atoms with Crippen molar-refractivity contribution in [2.24, 2.45) is 0 Å². The van der Waals surface area contributed by atoms with Gasteiger partial charge >= 0.3 is 0 Å². The summed E-state index contributed by atoms with van der Waals surface area (Å²) in [6.45, 7) is 2.87. The summed E-state index contributed by atoms with van der Waals surface area (Å²) >= 11 is 0. The smallest absolute Gasteiger partial charge is 0.262 e. The molecular weight excluding hydrogens is 361 g/mol. The van der Waals surface area contributed by atoms with Crippen LogP contribution in [0, 0.1) is 0 Å². The van der Waals surface area contributed by atoms with Crippen molar-refractivity contribution in [3.63, 3.8) is 0 Å². The van der Waals surface area contributed by atoms with Gasteiger partial charge in [0.25, 0.3) is 5.92 Å². The molecule has 5 nitrogen and oxygen atoms in total. The van der Waals surface area contributed by atoms with Crippen molar-refractivity contribution in [1.82, 2.24) is 19.8 Å². The Labute approximate surface area is 153 Å². The summed E-state index contributed by atoms with van der Waals surface area (Å²) in [7, 11) is 0. The lowest BCUT2D eigenvalue weighted by molar-refractivity contribution is -0.135. The van der Waals surface area contributed by atoms with Gasteiger partial charge in [-0.3, -0.25) is 10.1 Å². The Hall–Kier alpha value is -0.920. The molecule has 0 aromatic carbocycles. The maximum Gasteiger partial charge on any atom is 0.262 e. The predicted octanol–water partition coefficient (Wildman–Crippen LogP) is 2.45. The first kappa shape index (κ1) is 21.1. The molecule has 2 aliphatic heterocycles. The molecule has 2 saturated heterocycles. The first-order valence-corrected chi connectivity index (χ1v) is 7.92. The van der Waals surface area contributed by atoms with Crippen LogP contribution in [-0.4, -0.2) is 52.0 Å². The number of alkyl halides is 2. The van der Waals surface area contributed by atoms with E-state index < -0.39 is 24.9 Å². The van der Waals surface area contributed by atoms with Gasteiger partial charge in [-0.1, -0.05) is 6.92 Å². The molecule has 2 aliphatic rings. The monoisotopic (exact) mass is 384 g/mol. The van der Waals surface area contributed by atoms with Gasteiger partial charge in [-0.15, -0.1) is 24.8 Å². The minimum absolute atomic E-state index is 0. The lowest BCUT2D eigenvalue weighted by Crippen LogP contribution is -2.48. The van der Waals surface area contributed by atoms with Gasteiger partial charge in [0, 0.05) is 38.3 Å². The molecule has 0 bridgehead atoms. The number of imidazole rings is 1. The van der Waals surface area contributed by atoms with Crippen molar-refractivity contribution in [3.8, 4) is 0 Å². The Balaban J connectivity index is 0.00000144. The number of carbonyl (C=O) groups is 1. The van der Waals surface area contributed by atoms with E-state index in [0.29, 0.717) is 13.1 Å². The molecule has 3 heterocycles. The number of likely N-dealkylation sites (tertiary alicyclic amines) is 1. The molecule has 24 heavy (non-hydrogen) atoms. The van der Waals surface area contributed by atoms with Gasteiger partial charge in [-0.25, -0.2) is 13.8 Å². The Morgan fingerprint density at radius 2 is 2.21 bits per heavy atom. The lowest BCUT2D eigenvalue weighted by atomic mass is 10.0. The fourth-order valence-corrected chi connectivity index (χ4v) is 3.44. The minimum atomic E-state index is -2.77. The Kier molecular flexibility index (Phi) is 7.44. The normalized spacial score (nSPS) is 25.7. The van der Waals surface area contributed by atoms with Gasteiger partial charge < -0.3 is 9.47 Å². The summed E-state index contributed by atoms with van der Waals surface area (Å²) in [6, 6.07) is -0.556. The van der Waals surface area contributed by atoms with Gasteiger partial charge in [0.15, 0.2) is 0 Å². The third-order valence-electron chi connectivity index (χ3n) is 4.57. The molecule has 9 heteroatoms. The second-order valence-corrected chi connectivity index (χ2v) is 6.18. The van der Waals surface area contributed by atoms with Gasteiger partial charge in [0.05, 0.1) is 18.6 Å². The van der Waals surface area contributed by atoms with E-state index in [2.05, 4.69) is 21.8 Å². The van der Waals surface area contributed by atoms with E-state index in [0.717, 1.165) is 25.1 Å². The number of rotatable bonds is 3. The molecule has 0 aliphatic carbocycles. The average Bonchev–Trinajstić information content (AvgIpc) is 3.12. The second kappa shape index (κ2) is 8.45. The average molecular weight is 385 g/mol. The maximum atomic E-state index is 13.3. The Morgan fingerprint density at radius 3 is 2.83 bits per heavy atom. The highest BCUT2D eigenvalue weighted by Gasteiger charge is 2.44. The molecule has 3 rings (SSSR count). The Morgan fingerprint density at radius 1 is 1.46 bits per heavy atom. The van der Waals surface area contributed by atoms with Gasteiger partial charge in [-0.2, -0.15) is 0 Å².